The molecular formula is C13H17N3O. The van der Waals surface area contributed by atoms with Crippen LogP contribution in [-0.4, -0.2) is 23.7 Å². The fourth-order valence-corrected chi connectivity index (χ4v) is 1.98. The fourth-order valence-electron chi connectivity index (χ4n) is 1.98. The van der Waals surface area contributed by atoms with Crippen LogP contribution in [0.3, 0.4) is 0 Å². The molecule has 0 radical (unpaired) electrons. The highest BCUT2D eigenvalue weighted by Crippen LogP contribution is 2.28. The lowest BCUT2D eigenvalue weighted by Crippen LogP contribution is -2.21. The molecule has 1 atom stereocenters. The first-order valence-corrected chi connectivity index (χ1v) is 5.55. The predicted octanol–water partition coefficient (Wildman–Crippen LogP) is 1.74. The van der Waals surface area contributed by atoms with Crippen molar-refractivity contribution in [2.45, 2.75) is 6.04 Å². The van der Waals surface area contributed by atoms with E-state index in [-0.39, 0.29) is 6.04 Å². The van der Waals surface area contributed by atoms with Gasteiger partial charge in [0.15, 0.2) is 0 Å². The molecule has 4 nitrogen and oxygen atoms in total. The summed E-state index contributed by atoms with van der Waals surface area (Å²) in [6.07, 6.45) is 3.74. The van der Waals surface area contributed by atoms with Gasteiger partial charge in [-0.3, -0.25) is 0 Å². The van der Waals surface area contributed by atoms with Crippen molar-refractivity contribution in [3.63, 3.8) is 0 Å². The predicted molar refractivity (Wildman–Crippen MR) is 67.1 cm³/mol. The average molecular weight is 231 g/mol. The van der Waals surface area contributed by atoms with Crippen molar-refractivity contribution in [2.24, 2.45) is 7.05 Å². The Morgan fingerprint density at radius 2 is 2.12 bits per heavy atom. The van der Waals surface area contributed by atoms with Crippen molar-refractivity contribution in [3.05, 3.63) is 48.0 Å². The van der Waals surface area contributed by atoms with Crippen LogP contribution in [0.25, 0.3) is 0 Å². The summed E-state index contributed by atoms with van der Waals surface area (Å²) in [6.45, 7) is 0. The number of ether oxygens (including phenoxy) is 1. The molecule has 0 spiro atoms. The maximum Gasteiger partial charge on any atom is 0.130 e. The van der Waals surface area contributed by atoms with E-state index in [9.17, 15) is 0 Å². The monoisotopic (exact) mass is 231 g/mol. The molecule has 0 saturated heterocycles. The molecule has 2 rings (SSSR count). The van der Waals surface area contributed by atoms with Gasteiger partial charge in [0.25, 0.3) is 0 Å². The molecular weight excluding hydrogens is 214 g/mol. The van der Waals surface area contributed by atoms with Crippen molar-refractivity contribution in [1.29, 1.82) is 0 Å². The Hall–Kier alpha value is -1.81. The second kappa shape index (κ2) is 5.01. The summed E-state index contributed by atoms with van der Waals surface area (Å²) in [5.41, 5.74) is 1.09. The smallest absolute Gasteiger partial charge is 0.130 e. The highest BCUT2D eigenvalue weighted by Gasteiger charge is 2.19. The zero-order chi connectivity index (χ0) is 12.3. The minimum Gasteiger partial charge on any atom is -0.496 e. The molecule has 0 aliphatic carbocycles. The highest BCUT2D eigenvalue weighted by atomic mass is 16.5. The summed E-state index contributed by atoms with van der Waals surface area (Å²) in [5, 5.41) is 3.27. The number of para-hydroxylation sites is 1. The van der Waals surface area contributed by atoms with E-state index in [0.717, 1.165) is 17.1 Å². The first kappa shape index (κ1) is 11.7. The van der Waals surface area contributed by atoms with Gasteiger partial charge in [-0.1, -0.05) is 18.2 Å². The van der Waals surface area contributed by atoms with Gasteiger partial charge in [-0.05, 0) is 13.1 Å². The largest absolute Gasteiger partial charge is 0.496 e. The number of benzene rings is 1. The van der Waals surface area contributed by atoms with Crippen molar-refractivity contribution in [3.8, 4) is 5.75 Å². The molecule has 17 heavy (non-hydrogen) atoms. The molecule has 4 heteroatoms. The number of aromatic nitrogens is 2. The number of nitrogens with one attached hydrogen (secondary N) is 1. The fraction of sp³-hybridized carbons (Fsp3) is 0.308. The van der Waals surface area contributed by atoms with Gasteiger partial charge in [0.05, 0.1) is 13.2 Å². The van der Waals surface area contributed by atoms with Crippen LogP contribution in [0.15, 0.2) is 36.7 Å². The van der Waals surface area contributed by atoms with Gasteiger partial charge < -0.3 is 14.6 Å². The molecule has 0 aliphatic heterocycles. The molecule has 90 valence electrons. The van der Waals surface area contributed by atoms with Crippen LogP contribution in [0, 0.1) is 0 Å². The van der Waals surface area contributed by atoms with Crippen LogP contribution in [0.4, 0.5) is 0 Å². The third-order valence-electron chi connectivity index (χ3n) is 2.86. The molecule has 0 fully saturated rings. The minimum absolute atomic E-state index is 0.0335. The summed E-state index contributed by atoms with van der Waals surface area (Å²) in [6, 6.07) is 8.02. The van der Waals surface area contributed by atoms with E-state index in [2.05, 4.69) is 16.4 Å². The van der Waals surface area contributed by atoms with Crippen LogP contribution in [0.1, 0.15) is 17.4 Å². The molecule has 1 heterocycles. The summed E-state index contributed by atoms with van der Waals surface area (Å²) in [4.78, 5) is 4.38. The normalized spacial score (nSPS) is 12.4. The number of methoxy groups -OCH3 is 1. The Morgan fingerprint density at radius 3 is 2.71 bits per heavy atom. The summed E-state index contributed by atoms with van der Waals surface area (Å²) < 4.78 is 7.40. The second-order valence-electron chi connectivity index (χ2n) is 3.86. The Labute approximate surface area is 101 Å². The van der Waals surface area contributed by atoms with Gasteiger partial charge in [-0.15, -0.1) is 0 Å². The van der Waals surface area contributed by atoms with Crippen LogP contribution in [-0.2, 0) is 7.05 Å². The average Bonchev–Trinajstić information content (AvgIpc) is 2.78. The number of imidazole rings is 1. The SMILES string of the molecule is CNC(c1ccccc1OC)c1nccn1C. The quantitative estimate of drug-likeness (QED) is 0.871. The van der Waals surface area contributed by atoms with Crippen molar-refractivity contribution in [1.82, 2.24) is 14.9 Å². The molecule has 1 aromatic heterocycles. The third kappa shape index (κ3) is 2.17. The summed E-state index contributed by atoms with van der Waals surface area (Å²) in [5.74, 6) is 1.84. The molecule has 0 saturated carbocycles. The topological polar surface area (TPSA) is 39.1 Å². The van der Waals surface area contributed by atoms with Gasteiger partial charge in [0.1, 0.15) is 11.6 Å². The van der Waals surface area contributed by atoms with E-state index < -0.39 is 0 Å². The molecule has 2 aromatic rings. The maximum absolute atomic E-state index is 5.39. The Kier molecular flexibility index (Phi) is 3.44. The molecule has 0 bridgehead atoms. The summed E-state index contributed by atoms with van der Waals surface area (Å²) in [7, 11) is 5.60. The van der Waals surface area contributed by atoms with E-state index in [1.165, 1.54) is 0 Å². The zero-order valence-corrected chi connectivity index (χ0v) is 10.3. The Morgan fingerprint density at radius 1 is 1.35 bits per heavy atom. The standard InChI is InChI=1S/C13H17N3O/c1-14-12(13-15-8-9-16(13)2)10-6-4-5-7-11(10)17-3/h4-9,12,14H,1-3H3. The van der Waals surface area contributed by atoms with Gasteiger partial charge in [-0.2, -0.15) is 0 Å². The number of aryl methyl sites for hydroxylation is 1. The van der Waals surface area contributed by atoms with E-state index in [4.69, 9.17) is 4.74 Å². The lowest BCUT2D eigenvalue weighted by Gasteiger charge is -2.18. The summed E-state index contributed by atoms with van der Waals surface area (Å²) >= 11 is 0. The van der Waals surface area contributed by atoms with Gasteiger partial charge in [0, 0.05) is 25.0 Å². The third-order valence-corrected chi connectivity index (χ3v) is 2.86. The van der Waals surface area contributed by atoms with Crippen LogP contribution in [0.5, 0.6) is 5.75 Å². The van der Waals surface area contributed by atoms with Crippen LogP contribution >= 0.6 is 0 Å². The van der Waals surface area contributed by atoms with E-state index in [0.29, 0.717) is 0 Å². The van der Waals surface area contributed by atoms with E-state index in [1.807, 2.05) is 43.1 Å². The van der Waals surface area contributed by atoms with Gasteiger partial charge >= 0.3 is 0 Å². The maximum atomic E-state index is 5.39. The van der Waals surface area contributed by atoms with Crippen LogP contribution in [0.2, 0.25) is 0 Å². The molecule has 1 unspecified atom stereocenters. The Balaban J connectivity index is 2.46. The van der Waals surface area contributed by atoms with Gasteiger partial charge in [-0.25, -0.2) is 4.98 Å². The molecule has 1 N–H and O–H groups in total. The number of rotatable bonds is 4. The van der Waals surface area contributed by atoms with Gasteiger partial charge in [0.2, 0.25) is 0 Å². The second-order valence-corrected chi connectivity index (χ2v) is 3.86. The first-order valence-electron chi connectivity index (χ1n) is 5.55. The minimum atomic E-state index is 0.0335. The Bertz CT molecular complexity index is 493. The molecule has 1 aromatic carbocycles. The number of nitrogens with zero attached hydrogens (tertiary/aromatic N) is 2. The molecule has 0 aliphatic rings. The number of hydrogen-bond donors (Lipinski definition) is 1. The van der Waals surface area contributed by atoms with Crippen LogP contribution < -0.4 is 10.1 Å². The lowest BCUT2D eigenvalue weighted by atomic mass is 10.1. The van der Waals surface area contributed by atoms with Crippen molar-refractivity contribution >= 4 is 0 Å². The first-order chi connectivity index (χ1) is 8.27. The lowest BCUT2D eigenvalue weighted by molar-refractivity contribution is 0.404. The van der Waals surface area contributed by atoms with Crippen molar-refractivity contribution < 1.29 is 4.74 Å². The molecule has 0 amide bonds. The highest BCUT2D eigenvalue weighted by molar-refractivity contribution is 5.38. The zero-order valence-electron chi connectivity index (χ0n) is 10.3. The van der Waals surface area contributed by atoms with E-state index in [1.54, 1.807) is 13.3 Å². The van der Waals surface area contributed by atoms with Crippen molar-refractivity contribution in [2.75, 3.05) is 14.2 Å². The number of hydrogen-bond acceptors (Lipinski definition) is 3. The van der Waals surface area contributed by atoms with E-state index >= 15 is 0 Å².